The summed E-state index contributed by atoms with van der Waals surface area (Å²) in [6, 6.07) is -0.327. The summed E-state index contributed by atoms with van der Waals surface area (Å²) in [6.07, 6.45) is 7.58. The lowest BCUT2D eigenvalue weighted by atomic mass is 9.88. The van der Waals surface area contributed by atoms with E-state index in [4.69, 9.17) is 4.84 Å². The Morgan fingerprint density at radius 2 is 2.00 bits per heavy atom. The summed E-state index contributed by atoms with van der Waals surface area (Å²) in [5, 5.41) is 4.33. The molecule has 0 bridgehead atoms. The summed E-state index contributed by atoms with van der Waals surface area (Å²) in [7, 11) is 0. The first kappa shape index (κ1) is 15.7. The van der Waals surface area contributed by atoms with Gasteiger partial charge in [0.15, 0.2) is 0 Å². The van der Waals surface area contributed by atoms with Crippen molar-refractivity contribution in [1.29, 1.82) is 0 Å². The highest BCUT2D eigenvalue weighted by Crippen LogP contribution is 2.26. The lowest BCUT2D eigenvalue weighted by molar-refractivity contribution is -0.171. The lowest BCUT2D eigenvalue weighted by Crippen LogP contribution is -2.57. The van der Waals surface area contributed by atoms with E-state index in [-0.39, 0.29) is 24.3 Å². The lowest BCUT2D eigenvalue weighted by Gasteiger charge is -2.38. The summed E-state index contributed by atoms with van der Waals surface area (Å²) < 4.78 is 0. The maximum atomic E-state index is 12.3. The van der Waals surface area contributed by atoms with Crippen LogP contribution in [0.25, 0.3) is 0 Å². The van der Waals surface area contributed by atoms with E-state index in [1.807, 2.05) is 0 Å². The summed E-state index contributed by atoms with van der Waals surface area (Å²) in [4.78, 5) is 32.1. The number of hydroxylamine groups is 2. The predicted molar refractivity (Wildman–Crippen MR) is 81.8 cm³/mol. The summed E-state index contributed by atoms with van der Waals surface area (Å²) in [6.45, 7) is 3.74. The zero-order valence-corrected chi connectivity index (χ0v) is 13.3. The van der Waals surface area contributed by atoms with Gasteiger partial charge in [0.25, 0.3) is 0 Å². The van der Waals surface area contributed by atoms with Gasteiger partial charge >= 0.3 is 0 Å². The first-order valence-electron chi connectivity index (χ1n) is 8.69. The predicted octanol–water partition coefficient (Wildman–Crippen LogP) is 0.921. The molecule has 0 radical (unpaired) electrons. The molecule has 6 nitrogen and oxygen atoms in total. The number of carbonyl (C=O) groups excluding carboxylic acids is 2. The van der Waals surface area contributed by atoms with E-state index in [0.29, 0.717) is 25.6 Å². The molecule has 2 heterocycles. The SMILES string of the molecule is O=C1NCCN(CC2CCCCC2)[C@@H]1CC(=O)N1CCCO1. The van der Waals surface area contributed by atoms with Crippen LogP contribution in [0.5, 0.6) is 0 Å². The molecule has 2 saturated heterocycles. The highest BCUT2D eigenvalue weighted by atomic mass is 16.7. The fraction of sp³-hybridized carbons (Fsp3) is 0.875. The molecular weight excluding hydrogens is 282 g/mol. The number of nitrogens with zero attached hydrogens (tertiary/aromatic N) is 2. The van der Waals surface area contributed by atoms with E-state index >= 15 is 0 Å². The highest BCUT2D eigenvalue weighted by Gasteiger charge is 2.35. The van der Waals surface area contributed by atoms with Crippen molar-refractivity contribution in [2.75, 3.05) is 32.8 Å². The number of piperazine rings is 1. The van der Waals surface area contributed by atoms with E-state index in [9.17, 15) is 9.59 Å². The van der Waals surface area contributed by atoms with Gasteiger partial charge in [0.05, 0.1) is 25.6 Å². The number of hydrogen-bond acceptors (Lipinski definition) is 4. The van der Waals surface area contributed by atoms with Crippen LogP contribution in [0.2, 0.25) is 0 Å². The Hall–Kier alpha value is -1.14. The number of rotatable bonds is 4. The van der Waals surface area contributed by atoms with Crippen molar-refractivity contribution >= 4 is 11.8 Å². The van der Waals surface area contributed by atoms with Crippen LogP contribution in [-0.4, -0.2) is 60.6 Å². The largest absolute Gasteiger partial charge is 0.353 e. The first-order valence-corrected chi connectivity index (χ1v) is 8.69. The number of carbonyl (C=O) groups is 2. The van der Waals surface area contributed by atoms with Crippen LogP contribution in [0.4, 0.5) is 0 Å². The molecule has 0 aromatic rings. The summed E-state index contributed by atoms with van der Waals surface area (Å²) >= 11 is 0. The summed E-state index contributed by atoms with van der Waals surface area (Å²) in [5.74, 6) is 0.614. The van der Waals surface area contributed by atoms with Gasteiger partial charge in [0.2, 0.25) is 11.8 Å². The molecule has 0 aromatic carbocycles. The van der Waals surface area contributed by atoms with Crippen LogP contribution in [0.1, 0.15) is 44.9 Å². The van der Waals surface area contributed by atoms with E-state index in [1.165, 1.54) is 37.2 Å². The minimum atomic E-state index is -0.327. The third-order valence-electron chi connectivity index (χ3n) is 5.06. The molecule has 22 heavy (non-hydrogen) atoms. The Morgan fingerprint density at radius 3 is 2.73 bits per heavy atom. The van der Waals surface area contributed by atoms with Gasteiger partial charge in [-0.2, -0.15) is 0 Å². The monoisotopic (exact) mass is 309 g/mol. The van der Waals surface area contributed by atoms with E-state index in [0.717, 1.165) is 19.5 Å². The van der Waals surface area contributed by atoms with Crippen LogP contribution in [0.3, 0.4) is 0 Å². The average Bonchev–Trinajstić information content (AvgIpc) is 3.06. The van der Waals surface area contributed by atoms with Gasteiger partial charge in [-0.1, -0.05) is 19.3 Å². The zero-order valence-electron chi connectivity index (χ0n) is 13.3. The third kappa shape index (κ3) is 3.79. The maximum Gasteiger partial charge on any atom is 0.248 e. The van der Waals surface area contributed by atoms with Crippen molar-refractivity contribution < 1.29 is 14.4 Å². The molecule has 0 unspecified atom stereocenters. The molecule has 1 saturated carbocycles. The van der Waals surface area contributed by atoms with Gasteiger partial charge in [-0.3, -0.25) is 19.3 Å². The van der Waals surface area contributed by atoms with Crippen molar-refractivity contribution in [2.24, 2.45) is 5.92 Å². The van der Waals surface area contributed by atoms with Crippen molar-refractivity contribution in [3.05, 3.63) is 0 Å². The normalized spacial score (nSPS) is 27.9. The second kappa shape index (κ2) is 7.42. The van der Waals surface area contributed by atoms with Gasteiger partial charge in [0, 0.05) is 19.6 Å². The molecule has 1 atom stereocenters. The molecular formula is C16H27N3O3. The molecule has 0 aromatic heterocycles. The third-order valence-corrected chi connectivity index (χ3v) is 5.06. The van der Waals surface area contributed by atoms with E-state index in [1.54, 1.807) is 0 Å². The summed E-state index contributed by atoms with van der Waals surface area (Å²) in [5.41, 5.74) is 0. The van der Waals surface area contributed by atoms with Crippen molar-refractivity contribution in [1.82, 2.24) is 15.3 Å². The zero-order chi connectivity index (χ0) is 15.4. The fourth-order valence-corrected chi connectivity index (χ4v) is 3.82. The first-order chi connectivity index (χ1) is 10.7. The molecule has 1 aliphatic carbocycles. The molecule has 2 amide bonds. The number of nitrogens with one attached hydrogen (secondary N) is 1. The van der Waals surface area contributed by atoms with Crippen LogP contribution in [-0.2, 0) is 14.4 Å². The molecule has 3 rings (SSSR count). The average molecular weight is 309 g/mol. The van der Waals surface area contributed by atoms with Gasteiger partial charge < -0.3 is 5.32 Å². The van der Waals surface area contributed by atoms with Gasteiger partial charge in [-0.15, -0.1) is 0 Å². The van der Waals surface area contributed by atoms with Gasteiger partial charge in [-0.25, -0.2) is 5.06 Å². The molecule has 124 valence electrons. The minimum absolute atomic E-state index is 0.00499. The van der Waals surface area contributed by atoms with Crippen molar-refractivity contribution in [2.45, 2.75) is 51.0 Å². The standard InChI is InChI=1S/C16H27N3O3/c20-15(19-8-4-10-22-19)11-14-16(21)17-7-9-18(14)12-13-5-2-1-3-6-13/h13-14H,1-12H2,(H,17,21)/t14-/m1/s1. The van der Waals surface area contributed by atoms with E-state index < -0.39 is 0 Å². The molecule has 3 fully saturated rings. The topological polar surface area (TPSA) is 61.9 Å². The Morgan fingerprint density at radius 1 is 1.18 bits per heavy atom. The van der Waals surface area contributed by atoms with Gasteiger partial charge in [0.1, 0.15) is 0 Å². The molecule has 2 aliphatic heterocycles. The molecule has 1 N–H and O–H groups in total. The Balaban J connectivity index is 1.59. The fourth-order valence-electron chi connectivity index (χ4n) is 3.82. The van der Waals surface area contributed by atoms with Crippen LogP contribution in [0, 0.1) is 5.92 Å². The quantitative estimate of drug-likeness (QED) is 0.839. The smallest absolute Gasteiger partial charge is 0.248 e. The number of amides is 2. The highest BCUT2D eigenvalue weighted by molar-refractivity contribution is 5.88. The minimum Gasteiger partial charge on any atom is -0.353 e. The van der Waals surface area contributed by atoms with Crippen LogP contribution >= 0.6 is 0 Å². The Bertz CT molecular complexity index is 403. The maximum absolute atomic E-state index is 12.3. The van der Waals surface area contributed by atoms with Crippen molar-refractivity contribution in [3.8, 4) is 0 Å². The van der Waals surface area contributed by atoms with E-state index in [2.05, 4.69) is 10.2 Å². The molecule has 3 aliphatic rings. The van der Waals surface area contributed by atoms with Gasteiger partial charge in [-0.05, 0) is 25.2 Å². The van der Waals surface area contributed by atoms with Crippen molar-refractivity contribution in [3.63, 3.8) is 0 Å². The second-order valence-electron chi connectivity index (χ2n) is 6.69. The molecule has 6 heteroatoms. The molecule has 0 spiro atoms. The second-order valence-corrected chi connectivity index (χ2v) is 6.69. The Kier molecular flexibility index (Phi) is 5.31. The van der Waals surface area contributed by atoms with Crippen LogP contribution < -0.4 is 5.32 Å². The Labute approximate surface area is 132 Å². The number of hydrogen-bond donors (Lipinski definition) is 1. The van der Waals surface area contributed by atoms with Crippen LogP contribution in [0.15, 0.2) is 0 Å².